The Labute approximate surface area is 98.8 Å². The summed E-state index contributed by atoms with van der Waals surface area (Å²) in [7, 11) is 0. The highest BCUT2D eigenvalue weighted by molar-refractivity contribution is 6.05. The van der Waals surface area contributed by atoms with Crippen molar-refractivity contribution >= 4 is 11.8 Å². The van der Waals surface area contributed by atoms with E-state index >= 15 is 0 Å². The van der Waals surface area contributed by atoms with Gasteiger partial charge in [-0.05, 0) is 26.0 Å². The molecule has 6 heteroatoms. The van der Waals surface area contributed by atoms with Crippen LogP contribution in [0.1, 0.15) is 34.7 Å². The first-order valence-electron chi connectivity index (χ1n) is 4.98. The maximum atomic E-state index is 11.7. The molecule has 6 nitrogen and oxygen atoms in total. The quantitative estimate of drug-likeness (QED) is 0.654. The van der Waals surface area contributed by atoms with E-state index in [-0.39, 0.29) is 17.8 Å². The SMILES string of the molecule is CC(C)(O)CNC(=O)c1[c]ccnc1C(N)=O. The number of nitrogens with two attached hydrogens (primary N) is 1. The van der Waals surface area contributed by atoms with Crippen molar-refractivity contribution in [3.05, 3.63) is 29.6 Å². The lowest BCUT2D eigenvalue weighted by molar-refractivity contribution is 0.0693. The number of amides is 2. The molecule has 0 aromatic carbocycles. The third-order valence-electron chi connectivity index (χ3n) is 1.88. The predicted molar refractivity (Wildman–Crippen MR) is 60.2 cm³/mol. The van der Waals surface area contributed by atoms with E-state index in [1.807, 2.05) is 0 Å². The van der Waals surface area contributed by atoms with Crippen LogP contribution in [-0.2, 0) is 0 Å². The molecule has 0 aliphatic heterocycles. The molecule has 1 rings (SSSR count). The summed E-state index contributed by atoms with van der Waals surface area (Å²) >= 11 is 0. The molecule has 1 aromatic heterocycles. The molecule has 0 atom stereocenters. The van der Waals surface area contributed by atoms with Crippen molar-refractivity contribution in [2.45, 2.75) is 19.4 Å². The number of primary amides is 1. The van der Waals surface area contributed by atoms with E-state index in [0.29, 0.717) is 0 Å². The number of pyridine rings is 1. The molecule has 4 N–H and O–H groups in total. The minimum absolute atomic E-state index is 0.0238. The molecule has 17 heavy (non-hydrogen) atoms. The number of carbonyl (C=O) groups excluding carboxylic acids is 2. The van der Waals surface area contributed by atoms with Crippen molar-refractivity contribution in [2.75, 3.05) is 6.54 Å². The molecule has 2 amide bonds. The van der Waals surface area contributed by atoms with Crippen LogP contribution in [0, 0.1) is 6.07 Å². The van der Waals surface area contributed by atoms with Gasteiger partial charge in [-0.1, -0.05) is 0 Å². The maximum absolute atomic E-state index is 11.7. The molecule has 0 aliphatic carbocycles. The summed E-state index contributed by atoms with van der Waals surface area (Å²) in [6.45, 7) is 3.15. The van der Waals surface area contributed by atoms with Crippen LogP contribution in [0.5, 0.6) is 0 Å². The molecular weight excluding hydrogens is 222 g/mol. The van der Waals surface area contributed by atoms with Crippen LogP contribution in [0.4, 0.5) is 0 Å². The van der Waals surface area contributed by atoms with Crippen LogP contribution >= 0.6 is 0 Å². The molecule has 1 aromatic rings. The number of hydrogen-bond donors (Lipinski definition) is 3. The van der Waals surface area contributed by atoms with Crippen molar-refractivity contribution in [1.82, 2.24) is 10.3 Å². The molecule has 0 fully saturated rings. The second-order valence-corrected chi connectivity index (χ2v) is 4.17. The lowest BCUT2D eigenvalue weighted by Crippen LogP contribution is -2.39. The van der Waals surface area contributed by atoms with Crippen molar-refractivity contribution < 1.29 is 14.7 Å². The number of aliphatic hydroxyl groups is 1. The fourth-order valence-electron chi connectivity index (χ4n) is 1.11. The van der Waals surface area contributed by atoms with Gasteiger partial charge in [0.2, 0.25) is 0 Å². The highest BCUT2D eigenvalue weighted by Crippen LogP contribution is 2.05. The zero-order valence-electron chi connectivity index (χ0n) is 9.65. The molecule has 0 spiro atoms. The van der Waals surface area contributed by atoms with Gasteiger partial charge in [0.05, 0.1) is 11.2 Å². The normalized spacial score (nSPS) is 11.0. The Balaban J connectivity index is 2.86. The Morgan fingerprint density at radius 3 is 2.76 bits per heavy atom. The number of aromatic nitrogens is 1. The van der Waals surface area contributed by atoms with Gasteiger partial charge in [-0.25, -0.2) is 0 Å². The van der Waals surface area contributed by atoms with Gasteiger partial charge < -0.3 is 16.2 Å². The predicted octanol–water partition coefficient (Wildman–Crippen LogP) is -0.519. The summed E-state index contributed by atoms with van der Waals surface area (Å²) in [6, 6.07) is 4.01. The first-order chi connectivity index (χ1) is 7.81. The fraction of sp³-hybridized carbons (Fsp3) is 0.364. The van der Waals surface area contributed by atoms with Gasteiger partial charge in [-0.3, -0.25) is 14.6 Å². The standard InChI is InChI=1S/C11H14N3O3/c1-11(2,17)6-14-10(16)7-4-3-5-13-8(7)9(12)15/h3,5,17H,6H2,1-2H3,(H2,12,15)(H,14,16). The van der Waals surface area contributed by atoms with Gasteiger partial charge in [0, 0.05) is 12.7 Å². The Bertz CT molecular complexity index is 438. The highest BCUT2D eigenvalue weighted by Gasteiger charge is 2.19. The van der Waals surface area contributed by atoms with E-state index in [0.717, 1.165) is 0 Å². The Hall–Kier alpha value is -1.95. The maximum Gasteiger partial charge on any atom is 0.268 e. The molecule has 0 saturated carbocycles. The van der Waals surface area contributed by atoms with Crippen molar-refractivity contribution in [3.63, 3.8) is 0 Å². The summed E-state index contributed by atoms with van der Waals surface area (Å²) in [5.74, 6) is -1.34. The van der Waals surface area contributed by atoms with Crippen molar-refractivity contribution in [3.8, 4) is 0 Å². The third-order valence-corrected chi connectivity index (χ3v) is 1.88. The van der Waals surface area contributed by atoms with E-state index in [9.17, 15) is 14.7 Å². The van der Waals surface area contributed by atoms with Gasteiger partial charge in [-0.2, -0.15) is 0 Å². The van der Waals surface area contributed by atoms with E-state index in [2.05, 4.69) is 16.4 Å². The lowest BCUT2D eigenvalue weighted by atomic mass is 10.1. The van der Waals surface area contributed by atoms with Gasteiger partial charge in [0.15, 0.2) is 0 Å². The summed E-state index contributed by atoms with van der Waals surface area (Å²) in [4.78, 5) is 26.5. The first kappa shape index (κ1) is 13.1. The number of hydrogen-bond acceptors (Lipinski definition) is 4. The van der Waals surface area contributed by atoms with Crippen molar-refractivity contribution in [1.29, 1.82) is 0 Å². The molecule has 0 unspecified atom stereocenters. The van der Waals surface area contributed by atoms with Crippen LogP contribution < -0.4 is 11.1 Å². The minimum atomic E-state index is -1.04. The molecule has 0 saturated heterocycles. The zero-order chi connectivity index (χ0) is 13.1. The monoisotopic (exact) mass is 236 g/mol. The van der Waals surface area contributed by atoms with Crippen molar-refractivity contribution in [2.24, 2.45) is 5.73 Å². The minimum Gasteiger partial charge on any atom is -0.389 e. The summed E-state index contributed by atoms with van der Waals surface area (Å²) in [5, 5.41) is 11.9. The largest absolute Gasteiger partial charge is 0.389 e. The average Bonchev–Trinajstić information content (AvgIpc) is 2.25. The second-order valence-electron chi connectivity index (χ2n) is 4.17. The molecule has 1 heterocycles. The number of carbonyl (C=O) groups is 2. The van der Waals surface area contributed by atoms with Crippen LogP contribution in [-0.4, -0.2) is 34.1 Å². The molecule has 0 bridgehead atoms. The van der Waals surface area contributed by atoms with Gasteiger partial charge in [-0.15, -0.1) is 0 Å². The summed E-state index contributed by atoms with van der Waals surface area (Å²) < 4.78 is 0. The van der Waals surface area contributed by atoms with Crippen LogP contribution in [0.2, 0.25) is 0 Å². The Morgan fingerprint density at radius 2 is 2.24 bits per heavy atom. The highest BCUT2D eigenvalue weighted by atomic mass is 16.3. The van der Waals surface area contributed by atoms with Crippen LogP contribution in [0.3, 0.4) is 0 Å². The Kier molecular flexibility index (Phi) is 3.80. The van der Waals surface area contributed by atoms with E-state index in [1.54, 1.807) is 13.8 Å². The van der Waals surface area contributed by atoms with Gasteiger partial charge in [0.25, 0.3) is 11.8 Å². The third kappa shape index (κ3) is 3.84. The number of nitrogens with zero attached hydrogens (tertiary/aromatic N) is 1. The summed E-state index contributed by atoms with van der Waals surface area (Å²) in [5.41, 5.74) is 3.88. The van der Waals surface area contributed by atoms with Crippen LogP contribution in [0.25, 0.3) is 0 Å². The smallest absolute Gasteiger partial charge is 0.268 e. The van der Waals surface area contributed by atoms with Gasteiger partial charge >= 0.3 is 0 Å². The zero-order valence-corrected chi connectivity index (χ0v) is 9.65. The fourth-order valence-corrected chi connectivity index (χ4v) is 1.11. The summed E-state index contributed by atoms with van der Waals surface area (Å²) in [6.07, 6.45) is 1.33. The van der Waals surface area contributed by atoms with E-state index < -0.39 is 17.4 Å². The van der Waals surface area contributed by atoms with E-state index in [1.165, 1.54) is 12.3 Å². The topological polar surface area (TPSA) is 105 Å². The van der Waals surface area contributed by atoms with Crippen LogP contribution in [0.15, 0.2) is 12.3 Å². The first-order valence-corrected chi connectivity index (χ1v) is 4.98. The number of nitrogens with one attached hydrogen (secondary N) is 1. The second kappa shape index (κ2) is 4.92. The molecular formula is C11H14N3O3. The lowest BCUT2D eigenvalue weighted by Gasteiger charge is -2.17. The number of rotatable bonds is 4. The Morgan fingerprint density at radius 1 is 1.59 bits per heavy atom. The average molecular weight is 236 g/mol. The molecule has 0 aliphatic rings. The molecule has 91 valence electrons. The van der Waals surface area contributed by atoms with E-state index in [4.69, 9.17) is 5.73 Å². The molecule has 1 radical (unpaired) electrons. The van der Waals surface area contributed by atoms with Gasteiger partial charge in [0.1, 0.15) is 5.69 Å².